The van der Waals surface area contributed by atoms with E-state index >= 15 is 0 Å². The maximum atomic E-state index is 6.04. The average molecular weight is 306 g/mol. The van der Waals surface area contributed by atoms with Gasteiger partial charge in [-0.3, -0.25) is 0 Å². The summed E-state index contributed by atoms with van der Waals surface area (Å²) < 4.78 is 2.71. The predicted octanol–water partition coefficient (Wildman–Crippen LogP) is -1.54. The summed E-state index contributed by atoms with van der Waals surface area (Å²) >= 11 is 0. The van der Waals surface area contributed by atoms with E-state index in [1.807, 2.05) is 24.4 Å². The lowest BCUT2D eigenvalue weighted by molar-refractivity contribution is -0.868. The normalized spacial score (nSPS) is 10.7. The Morgan fingerprint density at radius 3 is 2.58 bits per heavy atom. The third kappa shape index (κ3) is 4.45. The first-order valence-electron chi connectivity index (χ1n) is 5.74. The summed E-state index contributed by atoms with van der Waals surface area (Å²) in [4.78, 5) is 0. The molecular weight excluding hydrogens is 285 g/mol. The lowest BCUT2D eigenvalue weighted by Gasteiger charge is -2.23. The number of hydrogen-bond acceptors (Lipinski definition) is 3. The Kier molecular flexibility index (Phi) is 6.42. The number of nitrogens with two attached hydrogens (primary N) is 1. The molecule has 5 nitrogen and oxygen atoms in total. The minimum atomic E-state index is 0. The summed E-state index contributed by atoms with van der Waals surface area (Å²) in [6, 6.07) is 5.87. The van der Waals surface area contributed by atoms with Crippen LogP contribution in [0.15, 0.2) is 24.4 Å². The zero-order valence-electron chi connectivity index (χ0n) is 11.4. The van der Waals surface area contributed by atoms with Crippen LogP contribution in [0.1, 0.15) is 0 Å². The molecule has 0 aliphatic rings. The lowest BCUT2D eigenvalue weighted by atomic mass is 10.3. The molecule has 0 amide bonds. The molecule has 0 aliphatic heterocycles. The number of aromatic nitrogens is 2. The molecule has 0 saturated heterocycles. The van der Waals surface area contributed by atoms with Gasteiger partial charge in [0.15, 0.2) is 5.82 Å². The van der Waals surface area contributed by atoms with Gasteiger partial charge < -0.3 is 27.9 Å². The molecule has 0 spiro atoms. The van der Waals surface area contributed by atoms with Crippen molar-refractivity contribution in [2.75, 3.05) is 45.3 Å². The third-order valence-corrected chi connectivity index (χ3v) is 2.65. The fourth-order valence-electron chi connectivity index (χ4n) is 1.66. The molecule has 0 radical (unpaired) electrons. The Morgan fingerprint density at radius 2 is 2.00 bits per heavy atom. The quantitative estimate of drug-likeness (QED) is 0.673. The average Bonchev–Trinajstić information content (AvgIpc) is 2.55. The van der Waals surface area contributed by atoms with Crippen molar-refractivity contribution < 1.29 is 16.9 Å². The first-order valence-corrected chi connectivity index (χ1v) is 5.74. The van der Waals surface area contributed by atoms with Gasteiger partial charge in [-0.2, -0.15) is 0 Å². The zero-order valence-corrected chi connectivity index (χ0v) is 13.0. The second-order valence-corrected chi connectivity index (χ2v) is 5.23. The van der Waals surface area contributed by atoms with Gasteiger partial charge in [0.2, 0.25) is 0 Å². The number of hydrogen-bond donors (Lipinski definition) is 2. The van der Waals surface area contributed by atoms with Crippen LogP contribution < -0.4 is 23.5 Å². The van der Waals surface area contributed by atoms with Crippen molar-refractivity contribution in [2.45, 2.75) is 0 Å². The molecule has 2 aromatic heterocycles. The molecule has 0 fully saturated rings. The van der Waals surface area contributed by atoms with E-state index in [2.05, 4.69) is 31.6 Å². The molecule has 19 heavy (non-hydrogen) atoms. The van der Waals surface area contributed by atoms with Crippen LogP contribution >= 0.6 is 12.4 Å². The SMILES string of the molecule is C[N+](C)(C)CCNc1nn2ccccc2c1N.Cl.[Cl-]. The number of quaternary nitrogens is 1. The smallest absolute Gasteiger partial charge is 0.172 e. The van der Waals surface area contributed by atoms with E-state index in [0.29, 0.717) is 5.69 Å². The van der Waals surface area contributed by atoms with E-state index in [-0.39, 0.29) is 24.8 Å². The van der Waals surface area contributed by atoms with Crippen LogP contribution in [0.4, 0.5) is 11.5 Å². The summed E-state index contributed by atoms with van der Waals surface area (Å²) in [7, 11) is 6.48. The highest BCUT2D eigenvalue weighted by atomic mass is 35.5. The van der Waals surface area contributed by atoms with E-state index < -0.39 is 0 Å². The number of likely N-dealkylation sites (N-methyl/N-ethyl adjacent to an activating group) is 1. The number of halogens is 2. The maximum Gasteiger partial charge on any atom is 0.172 e. The van der Waals surface area contributed by atoms with Crippen molar-refractivity contribution >= 4 is 29.4 Å². The Balaban J connectivity index is 0.00000162. The van der Waals surface area contributed by atoms with Crippen molar-refractivity contribution in [3.63, 3.8) is 0 Å². The van der Waals surface area contributed by atoms with Gasteiger partial charge in [-0.25, -0.2) is 4.52 Å². The summed E-state index contributed by atoms with van der Waals surface area (Å²) in [5.41, 5.74) is 7.70. The first kappa shape index (κ1) is 17.8. The maximum absolute atomic E-state index is 6.04. The summed E-state index contributed by atoms with van der Waals surface area (Å²) in [6.45, 7) is 1.88. The second kappa shape index (κ2) is 6.84. The number of nitrogen functional groups attached to an aromatic ring is 1. The molecule has 0 unspecified atom stereocenters. The first-order chi connectivity index (χ1) is 7.97. The Morgan fingerprint density at radius 1 is 1.32 bits per heavy atom. The Hall–Kier alpha value is -1.17. The van der Waals surface area contributed by atoms with Gasteiger partial charge in [0.1, 0.15) is 5.69 Å². The van der Waals surface area contributed by atoms with Gasteiger partial charge in [0, 0.05) is 6.20 Å². The highest BCUT2D eigenvalue weighted by molar-refractivity contribution is 5.85. The predicted molar refractivity (Wildman–Crippen MR) is 78.2 cm³/mol. The highest BCUT2D eigenvalue weighted by Crippen LogP contribution is 2.22. The Bertz CT molecular complexity index is 518. The minimum absolute atomic E-state index is 0. The monoisotopic (exact) mass is 305 g/mol. The van der Waals surface area contributed by atoms with Crippen LogP contribution in [0.2, 0.25) is 0 Å². The number of nitrogens with one attached hydrogen (secondary N) is 1. The molecule has 0 aliphatic carbocycles. The van der Waals surface area contributed by atoms with Crippen LogP contribution in [0.5, 0.6) is 0 Å². The molecule has 2 rings (SSSR count). The Labute approximate surface area is 126 Å². The molecule has 2 heterocycles. The van der Waals surface area contributed by atoms with Crippen LogP contribution in [0, 0.1) is 0 Å². The molecule has 3 N–H and O–H groups in total. The number of anilines is 2. The molecule has 0 saturated carbocycles. The molecule has 108 valence electrons. The van der Waals surface area contributed by atoms with Crippen molar-refractivity contribution in [3.05, 3.63) is 24.4 Å². The van der Waals surface area contributed by atoms with Gasteiger partial charge in [-0.1, -0.05) is 6.07 Å². The van der Waals surface area contributed by atoms with Crippen molar-refractivity contribution in [2.24, 2.45) is 0 Å². The van der Waals surface area contributed by atoms with Crippen molar-refractivity contribution in [3.8, 4) is 0 Å². The van der Waals surface area contributed by atoms with E-state index in [1.165, 1.54) is 0 Å². The molecule has 7 heteroatoms. The van der Waals surface area contributed by atoms with E-state index in [0.717, 1.165) is 28.9 Å². The van der Waals surface area contributed by atoms with Gasteiger partial charge in [-0.15, -0.1) is 17.5 Å². The standard InChI is InChI=1S/C12H20N5.2ClH/c1-17(2,3)9-7-14-12-11(13)10-6-4-5-8-16(10)15-12;;/h4-6,8H,7,9,13H2,1-3H3,(H,14,15);2*1H/q+1;;/p-1. The molecule has 0 bridgehead atoms. The highest BCUT2D eigenvalue weighted by Gasteiger charge is 2.10. The van der Waals surface area contributed by atoms with Gasteiger partial charge in [-0.05, 0) is 12.1 Å². The minimum Gasteiger partial charge on any atom is -1.00 e. The molecular formula is C12H21Cl2N5. The summed E-state index contributed by atoms with van der Waals surface area (Å²) in [5.74, 6) is 0.768. The zero-order chi connectivity index (χ0) is 12.5. The second-order valence-electron chi connectivity index (χ2n) is 5.23. The summed E-state index contributed by atoms with van der Waals surface area (Å²) in [6.07, 6.45) is 1.90. The molecule has 0 atom stereocenters. The fourth-order valence-corrected chi connectivity index (χ4v) is 1.66. The van der Waals surface area contributed by atoms with Gasteiger partial charge in [0.05, 0.1) is 39.7 Å². The molecule has 2 aromatic rings. The van der Waals surface area contributed by atoms with Crippen molar-refractivity contribution in [1.82, 2.24) is 9.61 Å². The van der Waals surface area contributed by atoms with Crippen LogP contribution in [0.3, 0.4) is 0 Å². The number of pyridine rings is 1. The third-order valence-electron chi connectivity index (χ3n) is 2.65. The summed E-state index contributed by atoms with van der Waals surface area (Å²) in [5, 5.41) is 7.69. The lowest BCUT2D eigenvalue weighted by Crippen LogP contribution is -3.00. The van der Waals surface area contributed by atoms with E-state index in [9.17, 15) is 0 Å². The topological polar surface area (TPSA) is 55.4 Å². The number of rotatable bonds is 4. The molecule has 0 aromatic carbocycles. The number of nitrogens with zero attached hydrogens (tertiary/aromatic N) is 3. The van der Waals surface area contributed by atoms with Gasteiger partial charge >= 0.3 is 0 Å². The van der Waals surface area contributed by atoms with E-state index in [1.54, 1.807) is 4.52 Å². The number of fused-ring (bicyclic) bond motifs is 1. The van der Waals surface area contributed by atoms with Crippen molar-refractivity contribution in [1.29, 1.82) is 0 Å². The van der Waals surface area contributed by atoms with Crippen LogP contribution in [0.25, 0.3) is 5.52 Å². The largest absolute Gasteiger partial charge is 1.00 e. The van der Waals surface area contributed by atoms with Crippen LogP contribution in [-0.2, 0) is 0 Å². The van der Waals surface area contributed by atoms with Crippen LogP contribution in [-0.4, -0.2) is 48.3 Å². The van der Waals surface area contributed by atoms with Gasteiger partial charge in [0.25, 0.3) is 0 Å². The fraction of sp³-hybridized carbons (Fsp3) is 0.417. The van der Waals surface area contributed by atoms with E-state index in [4.69, 9.17) is 5.73 Å².